The Labute approximate surface area is 129 Å². The number of rotatable bonds is 5. The van der Waals surface area contributed by atoms with Gasteiger partial charge in [-0.3, -0.25) is 4.79 Å². The Bertz CT molecular complexity index is 710. The summed E-state index contributed by atoms with van der Waals surface area (Å²) in [7, 11) is 0. The van der Waals surface area contributed by atoms with E-state index in [0.717, 1.165) is 11.1 Å². The molecule has 0 unspecified atom stereocenters. The molecule has 0 fully saturated rings. The zero-order chi connectivity index (χ0) is 15.6. The van der Waals surface area contributed by atoms with Gasteiger partial charge < -0.3 is 4.74 Å². The van der Waals surface area contributed by atoms with Gasteiger partial charge in [-0.15, -0.1) is 0 Å². The lowest BCUT2D eigenvalue weighted by Crippen LogP contribution is -2.02. The quantitative estimate of drug-likeness (QED) is 0.471. The molecule has 0 heterocycles. The zero-order valence-electron chi connectivity index (χ0n) is 12.0. The molecule has 3 heteroatoms. The lowest BCUT2D eigenvalue weighted by Gasteiger charge is -2.06. The summed E-state index contributed by atoms with van der Waals surface area (Å²) in [5, 5.41) is 8.56. The highest BCUT2D eigenvalue weighted by molar-refractivity contribution is 5.80. The van der Waals surface area contributed by atoms with E-state index >= 15 is 0 Å². The summed E-state index contributed by atoms with van der Waals surface area (Å²) in [5.41, 5.74) is 1.83. The lowest BCUT2D eigenvalue weighted by molar-refractivity contribution is -0.135. The minimum atomic E-state index is -0.564. The first kappa shape index (κ1) is 15.3. The van der Waals surface area contributed by atoms with E-state index in [2.05, 4.69) is 0 Å². The van der Waals surface area contributed by atoms with Gasteiger partial charge in [0.2, 0.25) is 0 Å². The van der Waals surface area contributed by atoms with Gasteiger partial charge in [-0.05, 0) is 11.6 Å². The average molecular weight is 289 g/mol. The van der Waals surface area contributed by atoms with Gasteiger partial charge in [0.1, 0.15) is 12.2 Å². The molecule has 2 aromatic rings. The molecule has 3 nitrogen and oxygen atoms in total. The number of allylic oxidation sites excluding steroid dienone is 2. The number of nitrogens with zero attached hydrogens (tertiary/aromatic N) is 1. The number of hydrogen-bond acceptors (Lipinski definition) is 3. The second-order valence-electron chi connectivity index (χ2n) is 4.48. The number of benzene rings is 2. The highest BCUT2D eigenvalue weighted by Crippen LogP contribution is 2.17. The van der Waals surface area contributed by atoms with Crippen molar-refractivity contribution >= 4 is 17.8 Å². The van der Waals surface area contributed by atoms with E-state index in [9.17, 15) is 4.79 Å². The normalized spacial score (nSPS) is 11.1. The maximum Gasteiger partial charge on any atom is 0.325 e. The maximum atomic E-state index is 11.6. The third-order valence-corrected chi connectivity index (χ3v) is 2.84. The topological polar surface area (TPSA) is 50.1 Å². The van der Waals surface area contributed by atoms with Gasteiger partial charge in [0, 0.05) is 5.56 Å². The molecule has 2 rings (SSSR count). The molecular weight excluding hydrogens is 274 g/mol. The molecule has 0 aliphatic carbocycles. The summed E-state index contributed by atoms with van der Waals surface area (Å²) in [6, 6.07) is 20.9. The molecule has 0 N–H and O–H groups in total. The Morgan fingerprint density at radius 1 is 1.05 bits per heavy atom. The summed E-state index contributed by atoms with van der Waals surface area (Å²) < 4.78 is 5.26. The van der Waals surface area contributed by atoms with Crippen LogP contribution < -0.4 is 0 Å². The Kier molecular flexibility index (Phi) is 5.71. The summed E-state index contributed by atoms with van der Waals surface area (Å²) >= 11 is 0. The van der Waals surface area contributed by atoms with Crippen LogP contribution in [0.2, 0.25) is 0 Å². The SMILES string of the molecule is N#CCC(=O)O/C(=C/C=C/c1ccccc1)c1ccccc1. The van der Waals surface area contributed by atoms with Crippen LogP contribution in [-0.2, 0) is 9.53 Å². The summed E-state index contributed by atoms with van der Waals surface area (Å²) in [6.45, 7) is 0. The Balaban J connectivity index is 2.20. The second-order valence-corrected chi connectivity index (χ2v) is 4.48. The van der Waals surface area contributed by atoms with E-state index in [1.165, 1.54) is 0 Å². The molecular formula is C19H15NO2. The Morgan fingerprint density at radius 3 is 2.32 bits per heavy atom. The van der Waals surface area contributed by atoms with Gasteiger partial charge in [-0.25, -0.2) is 0 Å². The van der Waals surface area contributed by atoms with Crippen molar-refractivity contribution in [1.29, 1.82) is 5.26 Å². The van der Waals surface area contributed by atoms with Crippen molar-refractivity contribution in [2.75, 3.05) is 0 Å². The number of esters is 1. The van der Waals surface area contributed by atoms with Crippen molar-refractivity contribution < 1.29 is 9.53 Å². The smallest absolute Gasteiger partial charge is 0.325 e. The third-order valence-electron chi connectivity index (χ3n) is 2.84. The van der Waals surface area contributed by atoms with Crippen LogP contribution in [0.4, 0.5) is 0 Å². The molecule has 0 saturated carbocycles. The van der Waals surface area contributed by atoms with Crippen LogP contribution in [0.3, 0.4) is 0 Å². The number of carbonyl (C=O) groups is 1. The maximum absolute atomic E-state index is 11.6. The van der Waals surface area contributed by atoms with Crippen LogP contribution in [0.15, 0.2) is 72.8 Å². The number of carbonyl (C=O) groups excluding carboxylic acids is 1. The molecule has 0 radical (unpaired) electrons. The number of nitriles is 1. The highest BCUT2D eigenvalue weighted by atomic mass is 16.5. The van der Waals surface area contributed by atoms with Gasteiger partial charge in [-0.2, -0.15) is 5.26 Å². The van der Waals surface area contributed by atoms with Crippen LogP contribution in [0.1, 0.15) is 17.5 Å². The highest BCUT2D eigenvalue weighted by Gasteiger charge is 2.08. The van der Waals surface area contributed by atoms with Crippen molar-refractivity contribution in [2.45, 2.75) is 6.42 Å². The minimum absolute atomic E-state index is 0.271. The molecule has 0 bridgehead atoms. The van der Waals surface area contributed by atoms with Crippen LogP contribution >= 0.6 is 0 Å². The first-order chi connectivity index (χ1) is 10.8. The third kappa shape index (κ3) is 4.77. The van der Waals surface area contributed by atoms with Crippen LogP contribution in [0.5, 0.6) is 0 Å². The fraction of sp³-hybridized carbons (Fsp3) is 0.0526. The zero-order valence-corrected chi connectivity index (χ0v) is 12.0. The van der Waals surface area contributed by atoms with E-state index in [-0.39, 0.29) is 6.42 Å². The number of ether oxygens (including phenoxy) is 1. The van der Waals surface area contributed by atoms with E-state index in [1.807, 2.05) is 72.8 Å². The van der Waals surface area contributed by atoms with Crippen molar-refractivity contribution in [3.8, 4) is 6.07 Å². The Hall–Kier alpha value is -3.12. The lowest BCUT2D eigenvalue weighted by atomic mass is 10.1. The summed E-state index contributed by atoms with van der Waals surface area (Å²) in [4.78, 5) is 11.6. The first-order valence-electron chi connectivity index (χ1n) is 6.86. The van der Waals surface area contributed by atoms with Gasteiger partial charge in [0.15, 0.2) is 0 Å². The molecule has 0 aromatic heterocycles. The van der Waals surface area contributed by atoms with Crippen LogP contribution in [0.25, 0.3) is 11.8 Å². The fourth-order valence-electron chi connectivity index (χ4n) is 1.83. The van der Waals surface area contributed by atoms with Crippen molar-refractivity contribution in [1.82, 2.24) is 0 Å². The van der Waals surface area contributed by atoms with Crippen molar-refractivity contribution in [3.63, 3.8) is 0 Å². The van der Waals surface area contributed by atoms with E-state index in [4.69, 9.17) is 10.00 Å². The molecule has 0 saturated heterocycles. The van der Waals surface area contributed by atoms with Crippen LogP contribution in [0, 0.1) is 11.3 Å². The Morgan fingerprint density at radius 2 is 1.68 bits per heavy atom. The number of hydrogen-bond donors (Lipinski definition) is 0. The minimum Gasteiger partial charge on any atom is -0.425 e. The molecule has 0 atom stereocenters. The molecule has 0 aliphatic rings. The molecule has 22 heavy (non-hydrogen) atoms. The molecule has 0 amide bonds. The largest absolute Gasteiger partial charge is 0.425 e. The van der Waals surface area contributed by atoms with E-state index < -0.39 is 5.97 Å². The van der Waals surface area contributed by atoms with Crippen molar-refractivity contribution in [2.24, 2.45) is 0 Å². The fourth-order valence-corrected chi connectivity index (χ4v) is 1.83. The average Bonchev–Trinajstić information content (AvgIpc) is 2.56. The van der Waals surface area contributed by atoms with E-state index in [1.54, 1.807) is 12.1 Å². The molecule has 2 aromatic carbocycles. The molecule has 0 spiro atoms. The predicted molar refractivity (Wildman–Crippen MR) is 86.2 cm³/mol. The van der Waals surface area contributed by atoms with Crippen molar-refractivity contribution in [3.05, 3.63) is 83.9 Å². The second kappa shape index (κ2) is 8.23. The van der Waals surface area contributed by atoms with Gasteiger partial charge >= 0.3 is 5.97 Å². The van der Waals surface area contributed by atoms with Gasteiger partial charge in [0.25, 0.3) is 0 Å². The summed E-state index contributed by atoms with van der Waals surface area (Å²) in [6.07, 6.45) is 5.18. The first-order valence-corrected chi connectivity index (χ1v) is 6.86. The monoisotopic (exact) mass is 289 g/mol. The molecule has 108 valence electrons. The van der Waals surface area contributed by atoms with E-state index in [0.29, 0.717) is 5.76 Å². The predicted octanol–water partition coefficient (Wildman–Crippen LogP) is 4.20. The molecule has 0 aliphatic heterocycles. The summed E-state index contributed by atoms with van der Waals surface area (Å²) in [5.74, 6) is -0.140. The standard InChI is InChI=1S/C19H15NO2/c20-15-14-19(21)22-18(17-11-5-2-6-12-17)13-7-10-16-8-3-1-4-9-16/h1-13H,14H2/b10-7+,18-13+. The van der Waals surface area contributed by atoms with Crippen LogP contribution in [-0.4, -0.2) is 5.97 Å². The van der Waals surface area contributed by atoms with Gasteiger partial charge in [0.05, 0.1) is 6.07 Å². The van der Waals surface area contributed by atoms with Gasteiger partial charge in [-0.1, -0.05) is 72.8 Å².